The number of hydrogen-bond donors (Lipinski definition) is 1. The van der Waals surface area contributed by atoms with Gasteiger partial charge in [0.1, 0.15) is 5.75 Å². The van der Waals surface area contributed by atoms with Gasteiger partial charge in [0.05, 0.1) is 12.1 Å². The van der Waals surface area contributed by atoms with Crippen molar-refractivity contribution in [2.45, 2.75) is 18.4 Å². The number of para-hydroxylation sites is 1. The predicted molar refractivity (Wildman–Crippen MR) is 64.5 cm³/mol. The molecular weight excluding hydrogens is 198 g/mol. The maximum atomic E-state index is 5.85. The van der Waals surface area contributed by atoms with Crippen molar-refractivity contribution in [2.75, 3.05) is 13.7 Å². The predicted octanol–water partition coefficient (Wildman–Crippen LogP) is 2.46. The lowest BCUT2D eigenvalue weighted by Crippen LogP contribution is -2.52. The van der Waals surface area contributed by atoms with Gasteiger partial charge < -0.3 is 10.1 Å². The number of nitrogens with one attached hydrogen (secondary N) is 1. The van der Waals surface area contributed by atoms with Gasteiger partial charge in [0, 0.05) is 11.5 Å². The normalized spacial score (nSPS) is 31.4. The van der Waals surface area contributed by atoms with Crippen LogP contribution in [0.3, 0.4) is 0 Å². The highest BCUT2D eigenvalue weighted by molar-refractivity contribution is 5.43. The summed E-state index contributed by atoms with van der Waals surface area (Å²) in [6, 6.07) is 8.41. The highest BCUT2D eigenvalue weighted by Gasteiger charge is 2.44. The highest BCUT2D eigenvalue weighted by Crippen LogP contribution is 2.45. The number of hydrogen-bond acceptors (Lipinski definition) is 2. The Labute approximate surface area is 96.3 Å². The molecule has 0 bridgehead atoms. The molecule has 2 unspecified atom stereocenters. The summed E-state index contributed by atoms with van der Waals surface area (Å²) < 4.78 is 5.85. The molecule has 0 saturated carbocycles. The molecular formula is C14H17NO. The minimum Gasteiger partial charge on any atom is -0.493 e. The van der Waals surface area contributed by atoms with Gasteiger partial charge in [0.2, 0.25) is 0 Å². The summed E-state index contributed by atoms with van der Waals surface area (Å²) in [5.41, 5.74) is 1.40. The molecule has 2 aliphatic rings. The molecule has 16 heavy (non-hydrogen) atoms. The Morgan fingerprint density at radius 2 is 2.19 bits per heavy atom. The Kier molecular flexibility index (Phi) is 2.25. The van der Waals surface area contributed by atoms with Gasteiger partial charge in [0.25, 0.3) is 0 Å². The molecule has 1 heterocycles. The molecule has 1 N–H and O–H groups in total. The monoisotopic (exact) mass is 215 g/mol. The third kappa shape index (κ3) is 1.23. The fraction of sp³-hybridized carbons (Fsp3) is 0.429. The third-order valence-electron chi connectivity index (χ3n) is 3.98. The van der Waals surface area contributed by atoms with Crippen molar-refractivity contribution in [2.24, 2.45) is 5.92 Å². The van der Waals surface area contributed by atoms with Gasteiger partial charge in [-0.3, -0.25) is 0 Å². The fourth-order valence-electron chi connectivity index (χ4n) is 3.03. The van der Waals surface area contributed by atoms with E-state index in [2.05, 4.69) is 42.7 Å². The molecule has 2 heteroatoms. The summed E-state index contributed by atoms with van der Waals surface area (Å²) in [5, 5.41) is 3.54. The van der Waals surface area contributed by atoms with Crippen LogP contribution >= 0.6 is 0 Å². The molecule has 1 aromatic rings. The quantitative estimate of drug-likeness (QED) is 0.727. The maximum Gasteiger partial charge on any atom is 0.124 e. The van der Waals surface area contributed by atoms with Gasteiger partial charge >= 0.3 is 0 Å². The van der Waals surface area contributed by atoms with E-state index in [4.69, 9.17) is 4.74 Å². The Balaban J connectivity index is 2.15. The van der Waals surface area contributed by atoms with E-state index in [1.807, 2.05) is 6.07 Å². The van der Waals surface area contributed by atoms with E-state index in [1.54, 1.807) is 0 Å². The zero-order valence-electron chi connectivity index (χ0n) is 9.57. The van der Waals surface area contributed by atoms with Crippen LogP contribution in [0.4, 0.5) is 0 Å². The molecule has 0 spiro atoms. The van der Waals surface area contributed by atoms with Crippen LogP contribution < -0.4 is 10.1 Å². The van der Waals surface area contributed by atoms with Crippen LogP contribution in [0.1, 0.15) is 18.4 Å². The maximum absolute atomic E-state index is 5.85. The summed E-state index contributed by atoms with van der Waals surface area (Å²) >= 11 is 0. The number of benzene rings is 1. The van der Waals surface area contributed by atoms with Crippen LogP contribution in [-0.4, -0.2) is 13.7 Å². The number of allylic oxidation sites excluding steroid dienone is 1. The first-order chi connectivity index (χ1) is 7.87. The number of ether oxygens (including phenoxy) is 1. The van der Waals surface area contributed by atoms with Crippen LogP contribution in [-0.2, 0) is 5.54 Å². The molecule has 2 atom stereocenters. The molecule has 2 nitrogen and oxygen atoms in total. The molecule has 3 rings (SSSR count). The van der Waals surface area contributed by atoms with Crippen molar-refractivity contribution in [3.05, 3.63) is 42.0 Å². The van der Waals surface area contributed by atoms with E-state index in [0.29, 0.717) is 5.92 Å². The highest BCUT2D eigenvalue weighted by atomic mass is 16.5. The zero-order chi connectivity index (χ0) is 11.0. The molecule has 1 aromatic carbocycles. The Hall–Kier alpha value is -1.28. The minimum absolute atomic E-state index is 0.0869. The molecule has 0 aromatic heterocycles. The van der Waals surface area contributed by atoms with Crippen molar-refractivity contribution < 1.29 is 4.74 Å². The summed E-state index contributed by atoms with van der Waals surface area (Å²) in [6.07, 6.45) is 6.73. The van der Waals surface area contributed by atoms with Gasteiger partial charge in [-0.25, -0.2) is 0 Å². The second-order valence-corrected chi connectivity index (χ2v) is 4.64. The first-order valence-electron chi connectivity index (χ1n) is 5.93. The lowest BCUT2D eigenvalue weighted by atomic mass is 9.70. The average Bonchev–Trinajstić information content (AvgIpc) is 2.38. The van der Waals surface area contributed by atoms with E-state index in [9.17, 15) is 0 Å². The van der Waals surface area contributed by atoms with Gasteiger partial charge in [0.15, 0.2) is 0 Å². The van der Waals surface area contributed by atoms with Gasteiger partial charge in [-0.1, -0.05) is 30.4 Å². The molecule has 0 amide bonds. The molecule has 0 fully saturated rings. The largest absolute Gasteiger partial charge is 0.493 e. The fourth-order valence-corrected chi connectivity index (χ4v) is 3.03. The Bertz CT molecular complexity index is 426. The lowest BCUT2D eigenvalue weighted by Gasteiger charge is -2.46. The van der Waals surface area contributed by atoms with Crippen molar-refractivity contribution in [1.82, 2.24) is 5.32 Å². The van der Waals surface area contributed by atoms with Crippen molar-refractivity contribution in [3.63, 3.8) is 0 Å². The minimum atomic E-state index is 0.0869. The van der Waals surface area contributed by atoms with Crippen molar-refractivity contribution in [3.8, 4) is 5.75 Å². The standard InChI is InChI=1S/C14H17NO/c1-15-14-9-5-4-6-11(14)10-16-13-8-3-2-7-12(13)14/h2-5,7-8,11,15H,6,9-10H2,1H3. The van der Waals surface area contributed by atoms with E-state index in [1.165, 1.54) is 5.56 Å². The summed E-state index contributed by atoms with van der Waals surface area (Å²) in [5.74, 6) is 1.60. The van der Waals surface area contributed by atoms with E-state index in [-0.39, 0.29) is 5.54 Å². The van der Waals surface area contributed by atoms with Gasteiger partial charge in [-0.2, -0.15) is 0 Å². The number of rotatable bonds is 1. The molecule has 1 aliphatic carbocycles. The zero-order valence-corrected chi connectivity index (χ0v) is 9.57. The van der Waals surface area contributed by atoms with Crippen LogP contribution in [0.25, 0.3) is 0 Å². The second kappa shape index (κ2) is 3.63. The first-order valence-corrected chi connectivity index (χ1v) is 5.93. The summed E-state index contributed by atoms with van der Waals surface area (Å²) in [6.45, 7) is 0.822. The van der Waals surface area contributed by atoms with E-state index >= 15 is 0 Å². The molecule has 84 valence electrons. The Morgan fingerprint density at radius 1 is 1.31 bits per heavy atom. The van der Waals surface area contributed by atoms with E-state index < -0.39 is 0 Å². The molecule has 0 saturated heterocycles. The second-order valence-electron chi connectivity index (χ2n) is 4.64. The average molecular weight is 215 g/mol. The summed E-state index contributed by atoms with van der Waals surface area (Å²) in [7, 11) is 2.06. The SMILES string of the molecule is CNC12CC=CCC1COc1ccccc12. The van der Waals surface area contributed by atoms with Gasteiger partial charge in [-0.05, 0) is 26.0 Å². The lowest BCUT2D eigenvalue weighted by molar-refractivity contribution is 0.104. The van der Waals surface area contributed by atoms with Crippen molar-refractivity contribution in [1.29, 1.82) is 0 Å². The number of fused-ring (bicyclic) bond motifs is 3. The smallest absolute Gasteiger partial charge is 0.124 e. The van der Waals surface area contributed by atoms with Crippen LogP contribution in [0, 0.1) is 5.92 Å². The van der Waals surface area contributed by atoms with Crippen LogP contribution in [0.2, 0.25) is 0 Å². The Morgan fingerprint density at radius 3 is 3.06 bits per heavy atom. The summed E-state index contributed by atoms with van der Waals surface area (Å²) in [4.78, 5) is 0. The van der Waals surface area contributed by atoms with Gasteiger partial charge in [-0.15, -0.1) is 0 Å². The third-order valence-corrected chi connectivity index (χ3v) is 3.98. The van der Waals surface area contributed by atoms with Crippen molar-refractivity contribution >= 4 is 0 Å². The first kappa shape index (κ1) is 9.91. The van der Waals surface area contributed by atoms with Crippen LogP contribution in [0.15, 0.2) is 36.4 Å². The molecule has 1 aliphatic heterocycles. The molecule has 0 radical (unpaired) electrons. The van der Waals surface area contributed by atoms with E-state index in [0.717, 1.165) is 25.2 Å². The van der Waals surface area contributed by atoms with Crippen LogP contribution in [0.5, 0.6) is 5.75 Å². The topological polar surface area (TPSA) is 21.3 Å².